The molecular formula is C10H22N2O4S2. The molecular weight excluding hydrogens is 276 g/mol. The zero-order chi connectivity index (χ0) is 13.8. The zero-order valence-corrected chi connectivity index (χ0v) is 12.3. The second-order valence-corrected chi connectivity index (χ2v) is 9.10. The maximum absolute atomic E-state index is 11.8. The van der Waals surface area contributed by atoms with Gasteiger partial charge in [-0.25, -0.2) is 21.1 Å². The van der Waals surface area contributed by atoms with Gasteiger partial charge in [0.05, 0.1) is 17.8 Å². The molecule has 1 fully saturated rings. The number of sulfone groups is 1. The molecule has 0 aliphatic carbocycles. The highest BCUT2D eigenvalue weighted by Gasteiger charge is 2.28. The van der Waals surface area contributed by atoms with Gasteiger partial charge in [-0.15, -0.1) is 0 Å². The van der Waals surface area contributed by atoms with Gasteiger partial charge in [0.2, 0.25) is 10.0 Å². The predicted octanol–water partition coefficient (Wildman–Crippen LogP) is -0.578. The fourth-order valence-electron chi connectivity index (χ4n) is 2.21. The third-order valence-corrected chi connectivity index (χ3v) is 6.26. The van der Waals surface area contributed by atoms with Gasteiger partial charge in [-0.2, -0.15) is 0 Å². The maximum atomic E-state index is 11.8. The predicted molar refractivity (Wildman–Crippen MR) is 71.5 cm³/mol. The summed E-state index contributed by atoms with van der Waals surface area (Å²) in [7, 11) is -6.33. The molecule has 0 bridgehead atoms. The molecule has 1 rings (SSSR count). The van der Waals surface area contributed by atoms with Crippen LogP contribution in [0, 0.1) is 5.92 Å². The van der Waals surface area contributed by atoms with Crippen LogP contribution in [0.15, 0.2) is 0 Å². The highest BCUT2D eigenvalue weighted by Crippen LogP contribution is 2.20. The third kappa shape index (κ3) is 5.21. The number of hydrogen-bond acceptors (Lipinski definition) is 5. The number of piperidine rings is 1. The Morgan fingerprint density at radius 3 is 2.50 bits per heavy atom. The first-order valence-electron chi connectivity index (χ1n) is 6.10. The molecule has 0 aromatic rings. The van der Waals surface area contributed by atoms with Gasteiger partial charge < -0.3 is 5.73 Å². The fraction of sp³-hybridized carbons (Fsp3) is 1.00. The quantitative estimate of drug-likeness (QED) is 0.707. The van der Waals surface area contributed by atoms with Gasteiger partial charge in [0.25, 0.3) is 0 Å². The number of hydrogen-bond donors (Lipinski definition) is 1. The van der Waals surface area contributed by atoms with Crippen molar-refractivity contribution in [1.29, 1.82) is 0 Å². The van der Waals surface area contributed by atoms with Crippen LogP contribution in [0.2, 0.25) is 0 Å². The second kappa shape index (κ2) is 6.31. The minimum Gasteiger partial charge on any atom is -0.330 e. The topological polar surface area (TPSA) is 97.5 Å². The van der Waals surface area contributed by atoms with Crippen LogP contribution in [0.25, 0.3) is 0 Å². The van der Waals surface area contributed by atoms with E-state index < -0.39 is 19.9 Å². The van der Waals surface area contributed by atoms with Gasteiger partial charge in [0.15, 0.2) is 9.84 Å². The molecule has 0 saturated carbocycles. The molecule has 2 N–H and O–H groups in total. The highest BCUT2D eigenvalue weighted by molar-refractivity contribution is 7.91. The van der Waals surface area contributed by atoms with Gasteiger partial charge in [-0.1, -0.05) is 0 Å². The molecule has 18 heavy (non-hydrogen) atoms. The molecule has 0 amide bonds. The summed E-state index contributed by atoms with van der Waals surface area (Å²) < 4.78 is 47.8. The van der Waals surface area contributed by atoms with Crippen LogP contribution >= 0.6 is 0 Å². The number of rotatable bonds is 6. The summed E-state index contributed by atoms with van der Waals surface area (Å²) in [6.45, 7) is 1.18. The van der Waals surface area contributed by atoms with Crippen molar-refractivity contribution in [3.05, 3.63) is 0 Å². The highest BCUT2D eigenvalue weighted by atomic mass is 32.2. The maximum Gasteiger partial charge on any atom is 0.211 e. The van der Waals surface area contributed by atoms with E-state index >= 15 is 0 Å². The van der Waals surface area contributed by atoms with Gasteiger partial charge in [-0.05, 0) is 31.7 Å². The number of nitrogens with zero attached hydrogens (tertiary/aromatic N) is 1. The number of nitrogens with two attached hydrogens (primary N) is 1. The van der Waals surface area contributed by atoms with Crippen molar-refractivity contribution in [3.8, 4) is 0 Å². The summed E-state index contributed by atoms with van der Waals surface area (Å²) in [6, 6.07) is 0. The lowest BCUT2D eigenvalue weighted by molar-refractivity contribution is 0.284. The van der Waals surface area contributed by atoms with E-state index in [-0.39, 0.29) is 17.4 Å². The summed E-state index contributed by atoms with van der Waals surface area (Å²) in [5.41, 5.74) is 5.30. The Kier molecular flexibility index (Phi) is 5.57. The zero-order valence-electron chi connectivity index (χ0n) is 10.7. The van der Waals surface area contributed by atoms with Crippen LogP contribution in [0.1, 0.15) is 19.3 Å². The monoisotopic (exact) mass is 298 g/mol. The molecule has 0 aromatic heterocycles. The Bertz CT molecular complexity index is 458. The molecule has 1 aliphatic heterocycles. The molecule has 1 heterocycles. The first-order valence-corrected chi connectivity index (χ1v) is 9.77. The van der Waals surface area contributed by atoms with Gasteiger partial charge in [0.1, 0.15) is 0 Å². The summed E-state index contributed by atoms with van der Waals surface area (Å²) in [6.07, 6.45) is 3.13. The van der Waals surface area contributed by atoms with Crippen LogP contribution < -0.4 is 5.73 Å². The third-order valence-electron chi connectivity index (χ3n) is 3.10. The molecule has 1 saturated heterocycles. The van der Waals surface area contributed by atoms with Crippen molar-refractivity contribution in [2.45, 2.75) is 19.3 Å². The largest absolute Gasteiger partial charge is 0.330 e. The van der Waals surface area contributed by atoms with E-state index in [2.05, 4.69) is 0 Å². The Morgan fingerprint density at radius 1 is 1.28 bits per heavy atom. The van der Waals surface area contributed by atoms with Crippen molar-refractivity contribution in [2.75, 3.05) is 37.4 Å². The van der Waals surface area contributed by atoms with Crippen molar-refractivity contribution >= 4 is 19.9 Å². The normalized spacial score (nSPS) is 23.1. The minimum absolute atomic E-state index is 0.0685. The fourth-order valence-corrected chi connectivity index (χ4v) is 4.92. The number of sulfonamides is 1. The molecule has 0 aromatic carbocycles. The average molecular weight is 298 g/mol. The smallest absolute Gasteiger partial charge is 0.211 e. The Hall–Kier alpha value is -0.180. The van der Waals surface area contributed by atoms with Crippen molar-refractivity contribution in [2.24, 2.45) is 11.7 Å². The molecule has 108 valence electrons. The van der Waals surface area contributed by atoms with Crippen LogP contribution in [0.4, 0.5) is 0 Å². The molecule has 1 unspecified atom stereocenters. The Morgan fingerprint density at radius 2 is 1.94 bits per heavy atom. The van der Waals surface area contributed by atoms with Crippen LogP contribution in [-0.4, -0.2) is 58.5 Å². The van der Waals surface area contributed by atoms with E-state index in [1.165, 1.54) is 4.31 Å². The standard InChI is InChI=1S/C10H22N2O4S2/c1-17(13,14)12-6-2-4-10(8-12)9-18(15,16)7-3-5-11/h10H,2-9,11H2,1H3. The lowest BCUT2D eigenvalue weighted by Gasteiger charge is -2.30. The lowest BCUT2D eigenvalue weighted by Crippen LogP contribution is -2.41. The average Bonchev–Trinajstić information content (AvgIpc) is 2.25. The van der Waals surface area contributed by atoms with Crippen LogP contribution in [0.5, 0.6) is 0 Å². The summed E-state index contributed by atoms with van der Waals surface area (Å²) in [5.74, 6) is 0.0778. The van der Waals surface area contributed by atoms with Gasteiger partial charge >= 0.3 is 0 Å². The van der Waals surface area contributed by atoms with Crippen LogP contribution in [-0.2, 0) is 19.9 Å². The van der Waals surface area contributed by atoms with Gasteiger partial charge in [-0.3, -0.25) is 0 Å². The molecule has 0 radical (unpaired) electrons. The molecule has 1 atom stereocenters. The lowest BCUT2D eigenvalue weighted by atomic mass is 10.0. The van der Waals surface area contributed by atoms with E-state index in [4.69, 9.17) is 5.73 Å². The molecule has 0 spiro atoms. The van der Waals surface area contributed by atoms with Crippen LogP contribution in [0.3, 0.4) is 0 Å². The summed E-state index contributed by atoms with van der Waals surface area (Å²) in [5, 5.41) is 0. The Labute approximate surface area is 110 Å². The van der Waals surface area contributed by atoms with E-state index in [9.17, 15) is 16.8 Å². The van der Waals surface area contributed by atoms with E-state index in [0.29, 0.717) is 26.1 Å². The molecule has 1 aliphatic rings. The van der Waals surface area contributed by atoms with E-state index in [0.717, 1.165) is 19.1 Å². The Balaban J connectivity index is 2.58. The molecule has 6 nitrogen and oxygen atoms in total. The van der Waals surface area contributed by atoms with Crippen molar-refractivity contribution < 1.29 is 16.8 Å². The summed E-state index contributed by atoms with van der Waals surface area (Å²) >= 11 is 0. The van der Waals surface area contributed by atoms with Crippen molar-refractivity contribution in [1.82, 2.24) is 4.31 Å². The van der Waals surface area contributed by atoms with Crippen molar-refractivity contribution in [3.63, 3.8) is 0 Å². The first kappa shape index (κ1) is 15.9. The summed E-state index contributed by atoms with van der Waals surface area (Å²) in [4.78, 5) is 0. The first-order chi connectivity index (χ1) is 8.24. The second-order valence-electron chi connectivity index (χ2n) is 4.89. The van der Waals surface area contributed by atoms with E-state index in [1.54, 1.807) is 0 Å². The van der Waals surface area contributed by atoms with E-state index in [1.807, 2.05) is 0 Å². The molecule has 8 heteroatoms. The SMILES string of the molecule is CS(=O)(=O)N1CCCC(CS(=O)(=O)CCCN)C1. The minimum atomic E-state index is -3.21. The van der Waals surface area contributed by atoms with Gasteiger partial charge in [0, 0.05) is 13.1 Å².